The quantitative estimate of drug-likeness (QED) is 0.641. The fourth-order valence-corrected chi connectivity index (χ4v) is 1.70. The van der Waals surface area contributed by atoms with Gasteiger partial charge < -0.3 is 0 Å². The van der Waals surface area contributed by atoms with Crippen molar-refractivity contribution >= 4 is 17.2 Å². The Kier molecular flexibility index (Phi) is 3.98. The predicted octanol–water partition coefficient (Wildman–Crippen LogP) is 4.63. The van der Waals surface area contributed by atoms with Gasteiger partial charge in [-0.1, -0.05) is 51.1 Å². The van der Waals surface area contributed by atoms with E-state index in [0.29, 0.717) is 5.88 Å². The Morgan fingerprint density at radius 2 is 1.73 bits per heavy atom. The smallest absolute Gasteiger partial charge is 0.0409 e. The third kappa shape index (κ3) is 3.39. The van der Waals surface area contributed by atoms with Gasteiger partial charge in [-0.25, -0.2) is 0 Å². The van der Waals surface area contributed by atoms with Gasteiger partial charge in [0, 0.05) is 5.88 Å². The van der Waals surface area contributed by atoms with Gasteiger partial charge in [0.1, 0.15) is 0 Å². The summed E-state index contributed by atoms with van der Waals surface area (Å²) in [6.07, 6.45) is 2.04. The number of benzene rings is 1. The lowest BCUT2D eigenvalue weighted by molar-refractivity contribution is 0.590. The first-order chi connectivity index (χ1) is 6.95. The van der Waals surface area contributed by atoms with Crippen LogP contribution in [0.2, 0.25) is 0 Å². The van der Waals surface area contributed by atoms with E-state index in [1.807, 2.05) is 6.08 Å². The third-order valence-electron chi connectivity index (χ3n) is 2.59. The van der Waals surface area contributed by atoms with Gasteiger partial charge in [-0.2, -0.15) is 0 Å². The van der Waals surface area contributed by atoms with Crippen molar-refractivity contribution in [3.05, 3.63) is 41.5 Å². The molecule has 0 spiro atoms. The van der Waals surface area contributed by atoms with Gasteiger partial charge in [0.2, 0.25) is 0 Å². The normalized spacial score (nSPS) is 13.0. The Morgan fingerprint density at radius 3 is 2.13 bits per heavy atom. The molecular weight excluding hydrogens is 204 g/mol. The Hall–Kier alpha value is -0.750. The molecule has 0 amide bonds. The van der Waals surface area contributed by atoms with Crippen molar-refractivity contribution < 1.29 is 0 Å². The number of hydrogen-bond donors (Lipinski definition) is 0. The second-order valence-corrected chi connectivity index (χ2v) is 5.18. The van der Waals surface area contributed by atoms with E-state index < -0.39 is 0 Å². The summed E-state index contributed by atoms with van der Waals surface area (Å²) >= 11 is 5.67. The minimum Gasteiger partial charge on any atom is -0.122 e. The number of rotatable bonds is 2. The average Bonchev–Trinajstić information content (AvgIpc) is 2.17. The maximum Gasteiger partial charge on any atom is 0.0409 e. The predicted molar refractivity (Wildman–Crippen MR) is 69.5 cm³/mol. The molecule has 0 radical (unpaired) electrons. The largest absolute Gasteiger partial charge is 0.122 e. The molecule has 0 atom stereocenters. The summed E-state index contributed by atoms with van der Waals surface area (Å²) < 4.78 is 0. The van der Waals surface area contributed by atoms with Crippen molar-refractivity contribution in [2.24, 2.45) is 0 Å². The van der Waals surface area contributed by atoms with Crippen LogP contribution in [0.3, 0.4) is 0 Å². The zero-order chi connectivity index (χ0) is 11.5. The monoisotopic (exact) mass is 222 g/mol. The van der Waals surface area contributed by atoms with Gasteiger partial charge >= 0.3 is 0 Å². The first-order valence-corrected chi connectivity index (χ1v) is 5.82. The van der Waals surface area contributed by atoms with Crippen molar-refractivity contribution in [3.63, 3.8) is 0 Å². The van der Waals surface area contributed by atoms with Crippen molar-refractivity contribution in [2.45, 2.75) is 33.1 Å². The molecule has 0 bridgehead atoms. The van der Waals surface area contributed by atoms with E-state index in [1.165, 1.54) is 16.7 Å². The highest BCUT2D eigenvalue weighted by atomic mass is 35.5. The SMILES string of the molecule is C/C(=C/CCl)c1ccc(C(C)(C)C)cc1. The Bertz CT molecular complexity index is 339. The summed E-state index contributed by atoms with van der Waals surface area (Å²) in [6, 6.07) is 8.72. The summed E-state index contributed by atoms with van der Waals surface area (Å²) in [5.41, 5.74) is 4.09. The van der Waals surface area contributed by atoms with Gasteiger partial charge in [0.15, 0.2) is 0 Å². The van der Waals surface area contributed by atoms with Crippen LogP contribution in [0.1, 0.15) is 38.8 Å². The Balaban J connectivity index is 2.96. The van der Waals surface area contributed by atoms with Gasteiger partial charge in [0.05, 0.1) is 0 Å². The molecule has 0 heterocycles. The molecule has 0 aliphatic rings. The molecular formula is C14H19Cl. The lowest BCUT2D eigenvalue weighted by atomic mass is 9.86. The molecule has 0 nitrogen and oxygen atoms in total. The summed E-state index contributed by atoms with van der Waals surface area (Å²) in [7, 11) is 0. The Morgan fingerprint density at radius 1 is 1.20 bits per heavy atom. The third-order valence-corrected chi connectivity index (χ3v) is 2.74. The number of allylic oxidation sites excluding steroid dienone is 2. The molecule has 0 N–H and O–H groups in total. The lowest BCUT2D eigenvalue weighted by Gasteiger charge is -2.19. The van der Waals surface area contributed by atoms with Crippen LogP contribution < -0.4 is 0 Å². The summed E-state index contributed by atoms with van der Waals surface area (Å²) in [4.78, 5) is 0. The molecule has 1 aromatic rings. The standard InChI is InChI=1S/C14H19Cl/c1-11(9-10-15)12-5-7-13(8-6-12)14(2,3)4/h5-9H,10H2,1-4H3/b11-9-. The molecule has 0 unspecified atom stereocenters. The fourth-order valence-electron chi connectivity index (χ4n) is 1.47. The van der Waals surface area contributed by atoms with Crippen LogP contribution in [0.25, 0.3) is 5.57 Å². The molecule has 1 heteroatoms. The summed E-state index contributed by atoms with van der Waals surface area (Å²) in [5.74, 6) is 0.576. The number of alkyl halides is 1. The molecule has 0 fully saturated rings. The highest BCUT2D eigenvalue weighted by Gasteiger charge is 2.12. The van der Waals surface area contributed by atoms with Crippen molar-refractivity contribution in [1.29, 1.82) is 0 Å². The Labute approximate surface area is 98.0 Å². The molecule has 15 heavy (non-hydrogen) atoms. The molecule has 0 saturated carbocycles. The van der Waals surface area contributed by atoms with Crippen LogP contribution in [0, 0.1) is 0 Å². The van der Waals surface area contributed by atoms with Crippen LogP contribution in [-0.4, -0.2) is 5.88 Å². The minimum atomic E-state index is 0.225. The zero-order valence-electron chi connectivity index (χ0n) is 9.97. The lowest BCUT2D eigenvalue weighted by Crippen LogP contribution is -2.10. The van der Waals surface area contributed by atoms with Crippen LogP contribution in [0.15, 0.2) is 30.3 Å². The average molecular weight is 223 g/mol. The van der Waals surface area contributed by atoms with E-state index >= 15 is 0 Å². The molecule has 82 valence electrons. The fraction of sp³-hybridized carbons (Fsp3) is 0.429. The van der Waals surface area contributed by atoms with Gasteiger partial charge in [-0.05, 0) is 29.0 Å². The second kappa shape index (κ2) is 4.85. The molecule has 0 saturated heterocycles. The maximum atomic E-state index is 5.67. The molecule has 0 aliphatic heterocycles. The maximum absolute atomic E-state index is 5.67. The van der Waals surface area contributed by atoms with E-state index in [2.05, 4.69) is 52.0 Å². The highest BCUT2D eigenvalue weighted by molar-refractivity contribution is 6.19. The van der Waals surface area contributed by atoms with E-state index in [9.17, 15) is 0 Å². The van der Waals surface area contributed by atoms with Crippen LogP contribution >= 0.6 is 11.6 Å². The van der Waals surface area contributed by atoms with Gasteiger partial charge in [-0.3, -0.25) is 0 Å². The van der Waals surface area contributed by atoms with Gasteiger partial charge in [-0.15, -0.1) is 11.6 Å². The minimum absolute atomic E-state index is 0.225. The molecule has 0 aromatic heterocycles. The van der Waals surface area contributed by atoms with Crippen LogP contribution in [-0.2, 0) is 5.41 Å². The first kappa shape index (κ1) is 12.3. The summed E-state index contributed by atoms with van der Waals surface area (Å²) in [5, 5.41) is 0. The van der Waals surface area contributed by atoms with E-state index in [0.717, 1.165) is 0 Å². The summed E-state index contributed by atoms with van der Waals surface area (Å²) in [6.45, 7) is 8.77. The van der Waals surface area contributed by atoms with E-state index in [-0.39, 0.29) is 5.41 Å². The van der Waals surface area contributed by atoms with Crippen LogP contribution in [0.5, 0.6) is 0 Å². The molecule has 0 aliphatic carbocycles. The van der Waals surface area contributed by atoms with Crippen LogP contribution in [0.4, 0.5) is 0 Å². The second-order valence-electron chi connectivity index (χ2n) is 4.87. The zero-order valence-corrected chi connectivity index (χ0v) is 10.7. The van der Waals surface area contributed by atoms with E-state index in [4.69, 9.17) is 11.6 Å². The number of hydrogen-bond acceptors (Lipinski definition) is 0. The van der Waals surface area contributed by atoms with Crippen molar-refractivity contribution in [1.82, 2.24) is 0 Å². The highest BCUT2D eigenvalue weighted by Crippen LogP contribution is 2.24. The van der Waals surface area contributed by atoms with Crippen molar-refractivity contribution in [2.75, 3.05) is 5.88 Å². The van der Waals surface area contributed by atoms with E-state index in [1.54, 1.807) is 0 Å². The van der Waals surface area contributed by atoms with Gasteiger partial charge in [0.25, 0.3) is 0 Å². The molecule has 1 rings (SSSR count). The molecule has 1 aromatic carbocycles. The first-order valence-electron chi connectivity index (χ1n) is 5.29. The van der Waals surface area contributed by atoms with Crippen molar-refractivity contribution in [3.8, 4) is 0 Å². The number of halogens is 1. The topological polar surface area (TPSA) is 0 Å².